The first-order chi connectivity index (χ1) is 13.4. The fraction of sp³-hybridized carbons (Fsp3) is 0.286. The van der Waals surface area contributed by atoms with Crippen LogP contribution in [0.2, 0.25) is 0 Å². The largest absolute Gasteiger partial charge is 0.478 e. The number of benzene rings is 2. The fourth-order valence-electron chi connectivity index (χ4n) is 3.17. The van der Waals surface area contributed by atoms with E-state index in [2.05, 4.69) is 0 Å². The molecule has 0 atom stereocenters. The Kier molecular flexibility index (Phi) is 6.03. The van der Waals surface area contributed by atoms with E-state index in [4.69, 9.17) is 5.11 Å². The van der Waals surface area contributed by atoms with Crippen LogP contribution >= 0.6 is 0 Å². The van der Waals surface area contributed by atoms with Crippen molar-refractivity contribution in [1.29, 1.82) is 0 Å². The van der Waals surface area contributed by atoms with Gasteiger partial charge in [-0.05, 0) is 29.3 Å². The molecule has 2 aromatic rings. The highest BCUT2D eigenvalue weighted by Crippen LogP contribution is 2.12. The molecule has 0 spiro atoms. The molecule has 7 heteroatoms. The summed E-state index contributed by atoms with van der Waals surface area (Å²) in [7, 11) is 0. The Morgan fingerprint density at radius 1 is 0.821 bits per heavy atom. The molecule has 1 saturated heterocycles. The number of rotatable bonds is 5. The first-order valence-electron chi connectivity index (χ1n) is 9.05. The molecule has 1 aliphatic heterocycles. The van der Waals surface area contributed by atoms with Gasteiger partial charge in [-0.1, -0.05) is 30.3 Å². The molecular weight excluding hydrogens is 363 g/mol. The molecule has 28 heavy (non-hydrogen) atoms. The molecular formula is C21H21FN2O4. The van der Waals surface area contributed by atoms with Crippen LogP contribution in [0.1, 0.15) is 21.5 Å². The summed E-state index contributed by atoms with van der Waals surface area (Å²) in [6.45, 7) is 1.68. The zero-order chi connectivity index (χ0) is 20.1. The Bertz CT molecular complexity index is 874. The molecule has 0 unspecified atom stereocenters. The maximum Gasteiger partial charge on any atom is 0.335 e. The van der Waals surface area contributed by atoms with Crippen molar-refractivity contribution in [2.75, 3.05) is 26.2 Å². The van der Waals surface area contributed by atoms with Crippen LogP contribution in [0.25, 0.3) is 0 Å². The van der Waals surface area contributed by atoms with Crippen LogP contribution in [0.4, 0.5) is 4.39 Å². The smallest absolute Gasteiger partial charge is 0.335 e. The van der Waals surface area contributed by atoms with Gasteiger partial charge in [-0.3, -0.25) is 9.59 Å². The highest BCUT2D eigenvalue weighted by Gasteiger charge is 2.24. The lowest BCUT2D eigenvalue weighted by Crippen LogP contribution is -2.51. The molecule has 2 aromatic carbocycles. The average Bonchev–Trinajstić information content (AvgIpc) is 2.70. The van der Waals surface area contributed by atoms with Crippen molar-refractivity contribution in [3.63, 3.8) is 0 Å². The first kappa shape index (κ1) is 19.5. The van der Waals surface area contributed by atoms with E-state index in [9.17, 15) is 18.8 Å². The number of hydrogen-bond donors (Lipinski definition) is 1. The van der Waals surface area contributed by atoms with E-state index in [1.807, 2.05) is 0 Å². The summed E-state index contributed by atoms with van der Waals surface area (Å²) in [5, 5.41) is 8.91. The minimum absolute atomic E-state index is 0.0105. The highest BCUT2D eigenvalue weighted by atomic mass is 19.1. The monoisotopic (exact) mass is 384 g/mol. The van der Waals surface area contributed by atoms with E-state index in [-0.39, 0.29) is 30.2 Å². The molecule has 0 radical (unpaired) electrons. The molecule has 1 N–H and O–H groups in total. The lowest BCUT2D eigenvalue weighted by atomic mass is 10.1. The molecule has 6 nitrogen and oxygen atoms in total. The number of carbonyl (C=O) groups excluding carboxylic acids is 2. The minimum atomic E-state index is -1.01. The van der Waals surface area contributed by atoms with Gasteiger partial charge in [0, 0.05) is 26.2 Å². The number of carboxylic acids is 1. The van der Waals surface area contributed by atoms with Gasteiger partial charge >= 0.3 is 5.97 Å². The third kappa shape index (κ3) is 4.73. The van der Waals surface area contributed by atoms with Gasteiger partial charge in [-0.15, -0.1) is 0 Å². The van der Waals surface area contributed by atoms with Crippen molar-refractivity contribution in [2.45, 2.75) is 12.8 Å². The maximum absolute atomic E-state index is 13.7. The van der Waals surface area contributed by atoms with E-state index in [1.165, 1.54) is 18.2 Å². The summed E-state index contributed by atoms with van der Waals surface area (Å²) in [5.41, 5.74) is 1.29. The topological polar surface area (TPSA) is 77.9 Å². The van der Waals surface area contributed by atoms with E-state index in [0.717, 1.165) is 5.56 Å². The second-order valence-electron chi connectivity index (χ2n) is 6.71. The predicted molar refractivity (Wildman–Crippen MR) is 100 cm³/mol. The van der Waals surface area contributed by atoms with Gasteiger partial charge in [-0.25, -0.2) is 9.18 Å². The summed E-state index contributed by atoms with van der Waals surface area (Å²) in [5.74, 6) is -1.61. The SMILES string of the molecule is O=C(O)c1ccc(CC(=O)N2CCN(C(=O)Cc3ccccc3F)CC2)cc1. The van der Waals surface area contributed by atoms with Crippen molar-refractivity contribution < 1.29 is 23.9 Å². The Labute approximate surface area is 162 Å². The minimum Gasteiger partial charge on any atom is -0.478 e. The van der Waals surface area contributed by atoms with Gasteiger partial charge < -0.3 is 14.9 Å². The molecule has 0 aromatic heterocycles. The average molecular weight is 384 g/mol. The predicted octanol–water partition coefficient (Wildman–Crippen LogP) is 1.98. The van der Waals surface area contributed by atoms with Gasteiger partial charge in [0.05, 0.1) is 18.4 Å². The zero-order valence-corrected chi connectivity index (χ0v) is 15.3. The van der Waals surface area contributed by atoms with E-state index in [1.54, 1.807) is 40.1 Å². The molecule has 0 bridgehead atoms. The molecule has 0 saturated carbocycles. The van der Waals surface area contributed by atoms with Gasteiger partial charge in [0.25, 0.3) is 0 Å². The number of nitrogens with zero attached hydrogens (tertiary/aromatic N) is 2. The standard InChI is InChI=1S/C21H21FN2O4/c22-18-4-2-1-3-17(18)14-20(26)24-11-9-23(10-12-24)19(25)13-15-5-7-16(8-6-15)21(27)28/h1-8H,9-14H2,(H,27,28). The number of carboxylic acid groups (broad SMARTS) is 1. The molecule has 0 aliphatic carbocycles. The van der Waals surface area contributed by atoms with Crippen LogP contribution in [-0.2, 0) is 22.4 Å². The second-order valence-corrected chi connectivity index (χ2v) is 6.71. The molecule has 1 aliphatic rings. The molecule has 2 amide bonds. The third-order valence-corrected chi connectivity index (χ3v) is 4.84. The van der Waals surface area contributed by atoms with Crippen LogP contribution in [0.5, 0.6) is 0 Å². The molecule has 1 fully saturated rings. The zero-order valence-electron chi connectivity index (χ0n) is 15.3. The van der Waals surface area contributed by atoms with Crippen LogP contribution in [0.15, 0.2) is 48.5 Å². The fourth-order valence-corrected chi connectivity index (χ4v) is 3.17. The van der Waals surface area contributed by atoms with E-state index >= 15 is 0 Å². The first-order valence-corrected chi connectivity index (χ1v) is 9.05. The summed E-state index contributed by atoms with van der Waals surface area (Å²) in [6.07, 6.45) is 0.194. The van der Waals surface area contributed by atoms with Crippen LogP contribution in [-0.4, -0.2) is 58.9 Å². The third-order valence-electron chi connectivity index (χ3n) is 4.84. The Morgan fingerprint density at radius 3 is 1.89 bits per heavy atom. The van der Waals surface area contributed by atoms with Crippen molar-refractivity contribution in [3.05, 3.63) is 71.0 Å². The number of piperazine rings is 1. The van der Waals surface area contributed by atoms with E-state index in [0.29, 0.717) is 31.7 Å². The van der Waals surface area contributed by atoms with Crippen LogP contribution in [0.3, 0.4) is 0 Å². The van der Waals surface area contributed by atoms with Crippen molar-refractivity contribution in [3.8, 4) is 0 Å². The van der Waals surface area contributed by atoms with Crippen LogP contribution < -0.4 is 0 Å². The summed E-state index contributed by atoms with van der Waals surface area (Å²) in [6, 6.07) is 12.4. The summed E-state index contributed by atoms with van der Waals surface area (Å²) in [4.78, 5) is 39.1. The number of aromatic carboxylic acids is 1. The van der Waals surface area contributed by atoms with Gasteiger partial charge in [0.2, 0.25) is 11.8 Å². The summed E-state index contributed by atoms with van der Waals surface area (Å²) < 4.78 is 13.7. The van der Waals surface area contributed by atoms with Gasteiger partial charge in [0.1, 0.15) is 5.82 Å². The number of amides is 2. The van der Waals surface area contributed by atoms with Crippen molar-refractivity contribution >= 4 is 17.8 Å². The normalized spacial score (nSPS) is 14.0. The van der Waals surface area contributed by atoms with Crippen molar-refractivity contribution in [2.24, 2.45) is 0 Å². The summed E-state index contributed by atoms with van der Waals surface area (Å²) >= 11 is 0. The van der Waals surface area contributed by atoms with Gasteiger partial charge in [-0.2, -0.15) is 0 Å². The molecule has 146 valence electrons. The van der Waals surface area contributed by atoms with Crippen molar-refractivity contribution in [1.82, 2.24) is 9.80 Å². The number of halogens is 1. The van der Waals surface area contributed by atoms with E-state index < -0.39 is 11.8 Å². The number of hydrogen-bond acceptors (Lipinski definition) is 3. The van der Waals surface area contributed by atoms with Gasteiger partial charge in [0.15, 0.2) is 0 Å². The van der Waals surface area contributed by atoms with Crippen LogP contribution in [0, 0.1) is 5.82 Å². The maximum atomic E-state index is 13.7. The molecule has 3 rings (SSSR count). The lowest BCUT2D eigenvalue weighted by Gasteiger charge is -2.35. The Balaban J connectivity index is 1.50. The second kappa shape index (κ2) is 8.65. The number of carbonyl (C=O) groups is 3. The quantitative estimate of drug-likeness (QED) is 0.855. The lowest BCUT2D eigenvalue weighted by molar-refractivity contribution is -0.138. The molecule has 1 heterocycles. The Hall–Kier alpha value is -3.22. The highest BCUT2D eigenvalue weighted by molar-refractivity contribution is 5.88. The Morgan fingerprint density at radius 2 is 1.36 bits per heavy atom.